The van der Waals surface area contributed by atoms with Crippen LogP contribution in [-0.2, 0) is 0 Å². The minimum absolute atomic E-state index is 0.107. The number of carbonyl (C=O) groups excluding carboxylic acids is 1. The molecule has 0 aliphatic heterocycles. The van der Waals surface area contributed by atoms with E-state index in [1.807, 2.05) is 55.4 Å². The van der Waals surface area contributed by atoms with Crippen LogP contribution in [-0.4, -0.2) is 31.6 Å². The molecule has 0 saturated heterocycles. The number of likely N-dealkylation sites (N-methyl/N-ethyl adjacent to an activating group) is 1. The van der Waals surface area contributed by atoms with Crippen molar-refractivity contribution in [2.45, 2.75) is 6.04 Å². The van der Waals surface area contributed by atoms with Gasteiger partial charge in [-0.25, -0.2) is 4.79 Å². The van der Waals surface area contributed by atoms with E-state index in [-0.39, 0.29) is 12.1 Å². The fourth-order valence-corrected chi connectivity index (χ4v) is 2.24. The lowest BCUT2D eigenvalue weighted by Gasteiger charge is -2.23. The summed E-state index contributed by atoms with van der Waals surface area (Å²) in [6.07, 6.45) is 0. The van der Waals surface area contributed by atoms with Gasteiger partial charge in [0, 0.05) is 12.2 Å². The molecule has 5 nitrogen and oxygen atoms in total. The second-order valence-corrected chi connectivity index (χ2v) is 5.51. The fraction of sp³-hybridized carbons (Fsp3) is 0.222. The number of hydrogen-bond acceptors (Lipinski definition) is 3. The number of hydrogen-bond donors (Lipinski definition) is 2. The lowest BCUT2D eigenvalue weighted by Crippen LogP contribution is -2.37. The molecule has 0 aliphatic rings. The molecule has 2 aromatic rings. The van der Waals surface area contributed by atoms with Crippen molar-refractivity contribution in [2.24, 2.45) is 0 Å². The number of rotatable bonds is 5. The lowest BCUT2D eigenvalue weighted by atomic mass is 10.1. The van der Waals surface area contributed by atoms with Crippen LogP contribution in [0.15, 0.2) is 54.6 Å². The highest BCUT2D eigenvalue weighted by molar-refractivity contribution is 5.89. The molecular formula is C18H20N4O. The minimum atomic E-state index is -0.273. The third-order valence-electron chi connectivity index (χ3n) is 3.33. The van der Waals surface area contributed by atoms with Crippen molar-refractivity contribution in [3.05, 3.63) is 65.7 Å². The van der Waals surface area contributed by atoms with Crippen LogP contribution >= 0.6 is 0 Å². The van der Waals surface area contributed by atoms with Gasteiger partial charge in [-0.3, -0.25) is 0 Å². The number of nitrogens with zero attached hydrogens (tertiary/aromatic N) is 2. The normalized spacial score (nSPS) is 11.6. The Morgan fingerprint density at radius 3 is 2.35 bits per heavy atom. The average Bonchev–Trinajstić information content (AvgIpc) is 2.55. The van der Waals surface area contributed by atoms with E-state index >= 15 is 0 Å². The van der Waals surface area contributed by atoms with Gasteiger partial charge < -0.3 is 15.5 Å². The lowest BCUT2D eigenvalue weighted by molar-refractivity contribution is 0.244. The van der Waals surface area contributed by atoms with Crippen molar-refractivity contribution in [1.82, 2.24) is 10.2 Å². The van der Waals surface area contributed by atoms with Gasteiger partial charge in [0.1, 0.15) is 0 Å². The Kier molecular flexibility index (Phi) is 5.73. The van der Waals surface area contributed by atoms with Gasteiger partial charge in [-0.05, 0) is 43.9 Å². The zero-order chi connectivity index (χ0) is 16.7. The molecule has 0 spiro atoms. The van der Waals surface area contributed by atoms with E-state index in [1.54, 1.807) is 24.3 Å². The molecule has 2 amide bonds. The van der Waals surface area contributed by atoms with Crippen LogP contribution in [0.2, 0.25) is 0 Å². The van der Waals surface area contributed by atoms with Gasteiger partial charge in [-0.1, -0.05) is 30.3 Å². The Morgan fingerprint density at radius 1 is 1.13 bits per heavy atom. The van der Waals surface area contributed by atoms with E-state index in [2.05, 4.69) is 10.6 Å². The van der Waals surface area contributed by atoms with Crippen molar-refractivity contribution in [3.63, 3.8) is 0 Å². The van der Waals surface area contributed by atoms with E-state index < -0.39 is 0 Å². The maximum Gasteiger partial charge on any atom is 0.319 e. The molecule has 0 heterocycles. The SMILES string of the molecule is CN(C)C[C@H](NC(=O)Nc1ccc(C#N)cc1)c1ccccc1. The van der Waals surface area contributed by atoms with Gasteiger partial charge in [0.05, 0.1) is 17.7 Å². The summed E-state index contributed by atoms with van der Waals surface area (Å²) in [4.78, 5) is 14.3. The molecule has 1 atom stereocenters. The monoisotopic (exact) mass is 308 g/mol. The first-order chi connectivity index (χ1) is 11.1. The molecule has 0 unspecified atom stereocenters. The second kappa shape index (κ2) is 7.97. The van der Waals surface area contributed by atoms with E-state index in [1.165, 1.54) is 0 Å². The van der Waals surface area contributed by atoms with Crippen LogP contribution in [0.25, 0.3) is 0 Å². The molecule has 0 aliphatic carbocycles. The van der Waals surface area contributed by atoms with E-state index in [4.69, 9.17) is 5.26 Å². The van der Waals surface area contributed by atoms with E-state index in [0.717, 1.165) is 5.56 Å². The molecule has 0 fully saturated rings. The van der Waals surface area contributed by atoms with Crippen LogP contribution in [0.4, 0.5) is 10.5 Å². The van der Waals surface area contributed by atoms with Crippen molar-refractivity contribution in [2.75, 3.05) is 26.0 Å². The number of urea groups is 1. The summed E-state index contributed by atoms with van der Waals surface area (Å²) in [6.45, 7) is 0.699. The molecule has 0 bridgehead atoms. The molecule has 2 rings (SSSR count). The molecular weight excluding hydrogens is 288 g/mol. The number of anilines is 1. The van der Waals surface area contributed by atoms with Crippen molar-refractivity contribution >= 4 is 11.7 Å². The topological polar surface area (TPSA) is 68.2 Å². The Morgan fingerprint density at radius 2 is 1.78 bits per heavy atom. The van der Waals surface area contributed by atoms with Crippen LogP contribution in [0.1, 0.15) is 17.2 Å². The summed E-state index contributed by atoms with van der Waals surface area (Å²) >= 11 is 0. The molecule has 2 N–H and O–H groups in total. The Bertz CT molecular complexity index is 674. The largest absolute Gasteiger partial charge is 0.330 e. The van der Waals surface area contributed by atoms with Gasteiger partial charge >= 0.3 is 6.03 Å². The van der Waals surface area contributed by atoms with Gasteiger partial charge in [0.15, 0.2) is 0 Å². The zero-order valence-electron chi connectivity index (χ0n) is 13.3. The average molecular weight is 308 g/mol. The van der Waals surface area contributed by atoms with Gasteiger partial charge in [0.2, 0.25) is 0 Å². The first kappa shape index (κ1) is 16.5. The van der Waals surface area contributed by atoms with Crippen molar-refractivity contribution in [3.8, 4) is 6.07 Å². The zero-order valence-corrected chi connectivity index (χ0v) is 13.3. The number of benzene rings is 2. The molecule has 2 aromatic carbocycles. The summed E-state index contributed by atoms with van der Waals surface area (Å²) < 4.78 is 0. The first-order valence-electron chi connectivity index (χ1n) is 7.36. The summed E-state index contributed by atoms with van der Waals surface area (Å²) in [5.41, 5.74) is 2.26. The summed E-state index contributed by atoms with van der Waals surface area (Å²) in [5, 5.41) is 14.6. The van der Waals surface area contributed by atoms with Crippen molar-refractivity contribution in [1.29, 1.82) is 5.26 Å². The van der Waals surface area contributed by atoms with Crippen LogP contribution < -0.4 is 10.6 Å². The molecule has 0 radical (unpaired) electrons. The maximum absolute atomic E-state index is 12.2. The molecule has 0 aromatic heterocycles. The quantitative estimate of drug-likeness (QED) is 0.892. The summed E-state index contributed by atoms with van der Waals surface area (Å²) in [6, 6.07) is 18.3. The summed E-state index contributed by atoms with van der Waals surface area (Å²) in [5.74, 6) is 0. The Balaban J connectivity index is 2.03. The highest BCUT2D eigenvalue weighted by Gasteiger charge is 2.15. The van der Waals surface area contributed by atoms with Crippen LogP contribution in [0, 0.1) is 11.3 Å². The predicted octanol–water partition coefficient (Wildman–Crippen LogP) is 2.98. The van der Waals surface area contributed by atoms with E-state index in [9.17, 15) is 4.79 Å². The second-order valence-electron chi connectivity index (χ2n) is 5.51. The Hall–Kier alpha value is -2.84. The first-order valence-corrected chi connectivity index (χ1v) is 7.36. The smallest absolute Gasteiger partial charge is 0.319 e. The van der Waals surface area contributed by atoms with Gasteiger partial charge in [-0.15, -0.1) is 0 Å². The number of nitrogens with one attached hydrogen (secondary N) is 2. The highest BCUT2D eigenvalue weighted by atomic mass is 16.2. The van der Waals surface area contributed by atoms with Gasteiger partial charge in [-0.2, -0.15) is 5.26 Å². The number of carbonyl (C=O) groups is 1. The molecule has 23 heavy (non-hydrogen) atoms. The molecule has 5 heteroatoms. The van der Waals surface area contributed by atoms with Crippen LogP contribution in [0.5, 0.6) is 0 Å². The molecule has 0 saturated carbocycles. The third kappa shape index (κ3) is 5.13. The molecule has 118 valence electrons. The standard InChI is InChI=1S/C18H20N4O/c1-22(2)13-17(15-6-4-3-5-7-15)21-18(23)20-16-10-8-14(12-19)9-11-16/h3-11,17H,13H2,1-2H3,(H2,20,21,23)/t17-/m0/s1. The Labute approximate surface area is 136 Å². The highest BCUT2D eigenvalue weighted by Crippen LogP contribution is 2.14. The third-order valence-corrected chi connectivity index (χ3v) is 3.33. The fourth-order valence-electron chi connectivity index (χ4n) is 2.24. The maximum atomic E-state index is 12.2. The summed E-state index contributed by atoms with van der Waals surface area (Å²) in [7, 11) is 3.94. The van der Waals surface area contributed by atoms with Crippen molar-refractivity contribution < 1.29 is 4.79 Å². The van der Waals surface area contributed by atoms with Crippen LogP contribution in [0.3, 0.4) is 0 Å². The number of nitriles is 1. The predicted molar refractivity (Wildman–Crippen MR) is 91.0 cm³/mol. The number of amides is 2. The minimum Gasteiger partial charge on any atom is -0.330 e. The van der Waals surface area contributed by atoms with Gasteiger partial charge in [0.25, 0.3) is 0 Å². The van der Waals surface area contributed by atoms with E-state index in [0.29, 0.717) is 17.8 Å².